The summed E-state index contributed by atoms with van der Waals surface area (Å²) in [5, 5.41) is 2.91. The van der Waals surface area contributed by atoms with Gasteiger partial charge < -0.3 is 15.8 Å². The minimum absolute atomic E-state index is 0.0416. The van der Waals surface area contributed by atoms with Crippen LogP contribution in [-0.2, 0) is 4.79 Å². The van der Waals surface area contributed by atoms with Crippen LogP contribution in [0.4, 0.5) is 0 Å². The van der Waals surface area contributed by atoms with Crippen molar-refractivity contribution in [2.24, 2.45) is 11.7 Å². The number of amides is 1. The molecule has 1 unspecified atom stereocenters. The second-order valence-electron chi connectivity index (χ2n) is 6.26. The van der Waals surface area contributed by atoms with Crippen molar-refractivity contribution in [3.63, 3.8) is 0 Å². The number of carbonyl (C=O) groups excluding carboxylic acids is 2. The number of nitrogens with one attached hydrogen (secondary N) is 1. The van der Waals surface area contributed by atoms with Gasteiger partial charge in [0.25, 0.3) is 5.91 Å². The molecule has 0 spiro atoms. The molecular weight excluding hydrogens is 316 g/mol. The molecule has 1 fully saturated rings. The normalized spacial score (nSPS) is 14.6. The van der Waals surface area contributed by atoms with Crippen molar-refractivity contribution in [1.82, 2.24) is 5.32 Å². The molecule has 2 aromatic carbocycles. The fourth-order valence-corrected chi connectivity index (χ4v) is 2.72. The highest BCUT2D eigenvalue weighted by Crippen LogP contribution is 2.32. The Morgan fingerprint density at radius 1 is 1.04 bits per heavy atom. The summed E-state index contributed by atoms with van der Waals surface area (Å²) in [6.45, 7) is 0.391. The van der Waals surface area contributed by atoms with Crippen LogP contribution in [0.1, 0.15) is 28.8 Å². The van der Waals surface area contributed by atoms with Crippen molar-refractivity contribution >= 4 is 11.7 Å². The Kier molecular flexibility index (Phi) is 5.46. The van der Waals surface area contributed by atoms with Gasteiger partial charge in [-0.25, -0.2) is 0 Å². The first-order valence-corrected chi connectivity index (χ1v) is 8.49. The van der Waals surface area contributed by atoms with Gasteiger partial charge in [-0.15, -0.1) is 0 Å². The van der Waals surface area contributed by atoms with E-state index in [-0.39, 0.29) is 24.3 Å². The molecule has 0 saturated heterocycles. The predicted octanol–water partition coefficient (Wildman–Crippen LogP) is 2.15. The maximum Gasteiger partial charge on any atom is 0.258 e. The molecule has 1 aliphatic carbocycles. The van der Waals surface area contributed by atoms with Crippen LogP contribution in [0.15, 0.2) is 54.6 Å². The Labute approximate surface area is 147 Å². The summed E-state index contributed by atoms with van der Waals surface area (Å²) in [6.07, 6.45) is 2.25. The minimum Gasteiger partial charge on any atom is -0.484 e. The summed E-state index contributed by atoms with van der Waals surface area (Å²) in [5.41, 5.74) is 6.90. The van der Waals surface area contributed by atoms with Gasteiger partial charge in [0, 0.05) is 23.7 Å². The third kappa shape index (κ3) is 4.67. The number of ether oxygens (including phenoxy) is 1. The fraction of sp³-hybridized carbons (Fsp3) is 0.300. The lowest BCUT2D eigenvalue weighted by Gasteiger charge is -2.16. The molecule has 3 N–H and O–H groups in total. The van der Waals surface area contributed by atoms with Crippen LogP contribution in [0.5, 0.6) is 5.75 Å². The molecule has 0 aliphatic heterocycles. The molecule has 0 heterocycles. The Morgan fingerprint density at radius 3 is 2.28 bits per heavy atom. The van der Waals surface area contributed by atoms with Gasteiger partial charge in [-0.05, 0) is 43.0 Å². The summed E-state index contributed by atoms with van der Waals surface area (Å²) >= 11 is 0. The first kappa shape index (κ1) is 17.2. The third-order valence-corrected chi connectivity index (χ3v) is 4.31. The predicted molar refractivity (Wildman–Crippen MR) is 95.5 cm³/mol. The van der Waals surface area contributed by atoms with Crippen molar-refractivity contribution in [1.29, 1.82) is 0 Å². The molecular formula is C20H22N2O3. The molecule has 5 heteroatoms. The van der Waals surface area contributed by atoms with Crippen LogP contribution in [0.3, 0.4) is 0 Å². The maximum atomic E-state index is 12.3. The van der Waals surface area contributed by atoms with Crippen LogP contribution in [0.25, 0.3) is 0 Å². The first-order chi connectivity index (χ1) is 12.2. The molecule has 0 aromatic heterocycles. The third-order valence-electron chi connectivity index (χ3n) is 4.31. The van der Waals surface area contributed by atoms with E-state index < -0.39 is 0 Å². The van der Waals surface area contributed by atoms with Crippen molar-refractivity contribution in [3.05, 3.63) is 65.7 Å². The van der Waals surface area contributed by atoms with Gasteiger partial charge in [-0.3, -0.25) is 9.59 Å². The van der Waals surface area contributed by atoms with Crippen molar-refractivity contribution in [3.8, 4) is 5.75 Å². The van der Waals surface area contributed by atoms with E-state index in [2.05, 4.69) is 5.32 Å². The number of hydrogen-bond donors (Lipinski definition) is 2. The number of hydrogen-bond acceptors (Lipinski definition) is 4. The highest BCUT2D eigenvalue weighted by molar-refractivity contribution is 6.08. The molecule has 0 bridgehead atoms. The lowest BCUT2D eigenvalue weighted by atomic mass is 10.0. The number of benzene rings is 2. The topological polar surface area (TPSA) is 81.4 Å². The molecule has 1 aliphatic rings. The number of carbonyl (C=O) groups is 2. The zero-order valence-corrected chi connectivity index (χ0v) is 14.0. The largest absolute Gasteiger partial charge is 0.484 e. The van der Waals surface area contributed by atoms with Gasteiger partial charge >= 0.3 is 0 Å². The molecule has 25 heavy (non-hydrogen) atoms. The average Bonchev–Trinajstić information content (AvgIpc) is 3.50. The minimum atomic E-state index is -0.174. The molecule has 0 radical (unpaired) electrons. The molecule has 1 atom stereocenters. The number of nitrogens with two attached hydrogens (primary N) is 1. The molecule has 3 rings (SSSR count). The summed E-state index contributed by atoms with van der Waals surface area (Å²) < 4.78 is 5.49. The Hall–Kier alpha value is -2.66. The van der Waals surface area contributed by atoms with Crippen molar-refractivity contribution in [2.45, 2.75) is 18.9 Å². The van der Waals surface area contributed by atoms with Crippen molar-refractivity contribution in [2.75, 3.05) is 13.2 Å². The quantitative estimate of drug-likeness (QED) is 0.723. The summed E-state index contributed by atoms with van der Waals surface area (Å²) in [7, 11) is 0. The van der Waals surface area contributed by atoms with Crippen LogP contribution in [-0.4, -0.2) is 30.9 Å². The number of rotatable bonds is 8. The molecule has 2 aromatic rings. The highest BCUT2D eigenvalue weighted by Gasteiger charge is 2.31. The highest BCUT2D eigenvalue weighted by atomic mass is 16.5. The van der Waals surface area contributed by atoms with Crippen molar-refractivity contribution < 1.29 is 14.3 Å². The average molecular weight is 338 g/mol. The van der Waals surface area contributed by atoms with Gasteiger partial charge in [0.15, 0.2) is 12.4 Å². The maximum absolute atomic E-state index is 12.3. The van der Waals surface area contributed by atoms with E-state index in [1.807, 2.05) is 18.2 Å². The van der Waals surface area contributed by atoms with Crippen LogP contribution in [0.2, 0.25) is 0 Å². The van der Waals surface area contributed by atoms with Crippen LogP contribution < -0.4 is 15.8 Å². The standard InChI is InChI=1S/C20H22N2O3/c21-12-18(14-6-7-14)22-19(23)13-25-17-10-8-16(9-11-17)20(24)15-4-2-1-3-5-15/h1-5,8-11,14,18H,6-7,12-13,21H2,(H,22,23). The summed E-state index contributed by atoms with van der Waals surface area (Å²) in [4.78, 5) is 24.3. The lowest BCUT2D eigenvalue weighted by Crippen LogP contribution is -2.43. The van der Waals surface area contributed by atoms with E-state index in [1.54, 1.807) is 36.4 Å². The Bertz CT molecular complexity index is 724. The van der Waals surface area contributed by atoms with E-state index in [1.165, 1.54) is 0 Å². The van der Waals surface area contributed by atoms with Gasteiger partial charge in [0.2, 0.25) is 0 Å². The van der Waals surface area contributed by atoms with Gasteiger partial charge in [-0.2, -0.15) is 0 Å². The zero-order chi connectivity index (χ0) is 17.6. The number of ketones is 1. The monoisotopic (exact) mass is 338 g/mol. The van der Waals surface area contributed by atoms with E-state index in [9.17, 15) is 9.59 Å². The Balaban J connectivity index is 1.52. The van der Waals surface area contributed by atoms with Crippen LogP contribution in [0, 0.1) is 5.92 Å². The molecule has 130 valence electrons. The first-order valence-electron chi connectivity index (χ1n) is 8.49. The zero-order valence-electron chi connectivity index (χ0n) is 14.0. The molecule has 1 saturated carbocycles. The SMILES string of the molecule is NCC(NC(=O)COc1ccc(C(=O)c2ccccc2)cc1)C1CC1. The summed E-state index contributed by atoms with van der Waals surface area (Å²) in [6, 6.07) is 16.0. The van der Waals surface area contributed by atoms with Crippen LogP contribution >= 0.6 is 0 Å². The van der Waals surface area contributed by atoms with E-state index in [0.29, 0.717) is 29.3 Å². The Morgan fingerprint density at radius 2 is 1.68 bits per heavy atom. The van der Waals surface area contributed by atoms with Gasteiger partial charge in [-0.1, -0.05) is 30.3 Å². The lowest BCUT2D eigenvalue weighted by molar-refractivity contribution is -0.123. The van der Waals surface area contributed by atoms with E-state index in [0.717, 1.165) is 12.8 Å². The molecule has 1 amide bonds. The smallest absolute Gasteiger partial charge is 0.258 e. The summed E-state index contributed by atoms with van der Waals surface area (Å²) in [5.74, 6) is 0.847. The fourth-order valence-electron chi connectivity index (χ4n) is 2.72. The van der Waals surface area contributed by atoms with Gasteiger partial charge in [0.05, 0.1) is 0 Å². The van der Waals surface area contributed by atoms with E-state index >= 15 is 0 Å². The second-order valence-corrected chi connectivity index (χ2v) is 6.26. The molecule has 5 nitrogen and oxygen atoms in total. The second kappa shape index (κ2) is 7.94. The van der Waals surface area contributed by atoms with Gasteiger partial charge in [0.1, 0.15) is 5.75 Å². The van der Waals surface area contributed by atoms with E-state index in [4.69, 9.17) is 10.5 Å².